The second-order valence-corrected chi connectivity index (χ2v) is 5.42. The highest BCUT2D eigenvalue weighted by atomic mass is 19.1. The van der Waals surface area contributed by atoms with E-state index in [1.165, 1.54) is 18.2 Å². The number of halogens is 2. The molecular weight excluding hydrogens is 248 g/mol. The molecule has 0 aliphatic carbocycles. The van der Waals surface area contributed by atoms with Gasteiger partial charge >= 0.3 is 0 Å². The van der Waals surface area contributed by atoms with E-state index < -0.39 is 17.2 Å². The molecule has 0 saturated carbocycles. The van der Waals surface area contributed by atoms with Crippen LogP contribution in [0.2, 0.25) is 0 Å². The van der Waals surface area contributed by atoms with Crippen LogP contribution in [0.25, 0.3) is 0 Å². The Morgan fingerprint density at radius 2 is 1.79 bits per heavy atom. The second-order valence-electron chi connectivity index (χ2n) is 5.42. The molecule has 19 heavy (non-hydrogen) atoms. The number of benzene rings is 1. The first-order valence-electron chi connectivity index (χ1n) is 6.89. The molecule has 0 amide bonds. The van der Waals surface area contributed by atoms with Gasteiger partial charge in [0.25, 0.3) is 0 Å². The number of piperidine rings is 1. The first kappa shape index (κ1) is 14.4. The smallest absolute Gasteiger partial charge is 0.132 e. The number of likely N-dealkylation sites (tertiary alicyclic amines) is 1. The molecule has 1 atom stereocenters. The molecule has 2 nitrogen and oxygen atoms in total. The Hall–Kier alpha value is -1.00. The van der Waals surface area contributed by atoms with Crippen molar-refractivity contribution in [3.05, 3.63) is 35.4 Å². The van der Waals surface area contributed by atoms with E-state index in [0.29, 0.717) is 32.0 Å². The SMILES string of the molecule is CC[C@H](C)N1CCC(O)(c2c(F)cccc2F)CC1. The van der Waals surface area contributed by atoms with Gasteiger partial charge in [0.05, 0.1) is 11.2 Å². The molecule has 0 aromatic heterocycles. The number of nitrogens with zero attached hydrogens (tertiary/aromatic N) is 1. The van der Waals surface area contributed by atoms with Crippen LogP contribution in [-0.2, 0) is 5.60 Å². The highest BCUT2D eigenvalue weighted by molar-refractivity contribution is 5.27. The Bertz CT molecular complexity index is 422. The first-order valence-corrected chi connectivity index (χ1v) is 6.89. The minimum atomic E-state index is -1.38. The minimum absolute atomic E-state index is 0.168. The monoisotopic (exact) mass is 269 g/mol. The Morgan fingerprint density at radius 1 is 1.26 bits per heavy atom. The lowest BCUT2D eigenvalue weighted by Crippen LogP contribution is -2.46. The Morgan fingerprint density at radius 3 is 2.26 bits per heavy atom. The summed E-state index contributed by atoms with van der Waals surface area (Å²) in [7, 11) is 0. The molecule has 2 rings (SSSR count). The van der Waals surface area contributed by atoms with E-state index in [9.17, 15) is 13.9 Å². The molecule has 0 radical (unpaired) electrons. The molecule has 1 aliphatic heterocycles. The van der Waals surface area contributed by atoms with Gasteiger partial charge in [-0.2, -0.15) is 0 Å². The number of aliphatic hydroxyl groups is 1. The number of hydrogen-bond acceptors (Lipinski definition) is 2. The molecule has 0 unspecified atom stereocenters. The molecule has 1 fully saturated rings. The molecule has 1 N–H and O–H groups in total. The molecule has 1 heterocycles. The summed E-state index contributed by atoms with van der Waals surface area (Å²) in [6.07, 6.45) is 1.77. The van der Waals surface area contributed by atoms with Crippen LogP contribution in [0.5, 0.6) is 0 Å². The van der Waals surface area contributed by atoms with E-state index in [1.807, 2.05) is 0 Å². The summed E-state index contributed by atoms with van der Waals surface area (Å²) in [5.41, 5.74) is -1.54. The third-order valence-corrected chi connectivity index (χ3v) is 4.27. The zero-order chi connectivity index (χ0) is 14.0. The fraction of sp³-hybridized carbons (Fsp3) is 0.600. The zero-order valence-electron chi connectivity index (χ0n) is 11.5. The molecule has 1 aromatic rings. The summed E-state index contributed by atoms with van der Waals surface area (Å²) in [6.45, 7) is 5.58. The Balaban J connectivity index is 2.18. The van der Waals surface area contributed by atoms with Crippen LogP contribution < -0.4 is 0 Å². The largest absolute Gasteiger partial charge is 0.385 e. The van der Waals surface area contributed by atoms with Crippen molar-refractivity contribution in [2.75, 3.05) is 13.1 Å². The predicted octanol–water partition coefficient (Wildman–Crippen LogP) is 3.05. The molecule has 1 saturated heterocycles. The van der Waals surface area contributed by atoms with E-state index in [0.717, 1.165) is 6.42 Å². The van der Waals surface area contributed by atoms with Crippen molar-refractivity contribution in [2.24, 2.45) is 0 Å². The summed E-state index contributed by atoms with van der Waals surface area (Å²) in [5.74, 6) is -1.31. The topological polar surface area (TPSA) is 23.5 Å². The summed E-state index contributed by atoms with van der Waals surface area (Å²) >= 11 is 0. The molecule has 4 heteroatoms. The standard InChI is InChI=1S/C15H21F2NO/c1-3-11(2)18-9-7-15(19,8-10-18)14-12(16)5-4-6-13(14)17/h4-6,11,19H,3,7-10H2,1-2H3/t11-/m0/s1. The van der Waals surface area contributed by atoms with Gasteiger partial charge in [-0.1, -0.05) is 13.0 Å². The van der Waals surface area contributed by atoms with E-state index >= 15 is 0 Å². The average Bonchev–Trinajstić information content (AvgIpc) is 2.38. The summed E-state index contributed by atoms with van der Waals surface area (Å²) < 4.78 is 27.6. The van der Waals surface area contributed by atoms with Crippen LogP contribution in [0.15, 0.2) is 18.2 Å². The maximum Gasteiger partial charge on any atom is 0.132 e. The number of hydrogen-bond donors (Lipinski definition) is 1. The maximum atomic E-state index is 13.8. The lowest BCUT2D eigenvalue weighted by molar-refractivity contribution is -0.0391. The molecule has 1 aromatic carbocycles. The lowest BCUT2D eigenvalue weighted by Gasteiger charge is -2.41. The van der Waals surface area contributed by atoms with Crippen molar-refractivity contribution in [1.29, 1.82) is 0 Å². The molecule has 106 valence electrons. The predicted molar refractivity (Wildman–Crippen MR) is 70.8 cm³/mol. The van der Waals surface area contributed by atoms with Gasteiger partial charge in [0.1, 0.15) is 11.6 Å². The van der Waals surface area contributed by atoms with E-state index in [1.54, 1.807) is 0 Å². The van der Waals surface area contributed by atoms with Crippen molar-refractivity contribution in [2.45, 2.75) is 44.8 Å². The van der Waals surface area contributed by atoms with Crippen LogP contribution >= 0.6 is 0 Å². The quantitative estimate of drug-likeness (QED) is 0.911. The van der Waals surface area contributed by atoms with Crippen molar-refractivity contribution in [3.8, 4) is 0 Å². The third-order valence-electron chi connectivity index (χ3n) is 4.27. The normalized spacial score (nSPS) is 21.3. The maximum absolute atomic E-state index is 13.8. The van der Waals surface area contributed by atoms with E-state index in [-0.39, 0.29) is 5.56 Å². The van der Waals surface area contributed by atoms with Gasteiger partial charge in [-0.25, -0.2) is 8.78 Å². The Labute approximate surface area is 113 Å². The molecule has 0 bridgehead atoms. The third kappa shape index (κ3) is 2.79. The van der Waals surface area contributed by atoms with E-state index in [2.05, 4.69) is 18.7 Å². The average molecular weight is 269 g/mol. The molecular formula is C15H21F2NO. The zero-order valence-corrected chi connectivity index (χ0v) is 11.5. The van der Waals surface area contributed by atoms with Crippen LogP contribution in [0.1, 0.15) is 38.7 Å². The summed E-state index contributed by atoms with van der Waals surface area (Å²) in [6, 6.07) is 4.18. The van der Waals surface area contributed by atoms with Crippen molar-refractivity contribution in [3.63, 3.8) is 0 Å². The van der Waals surface area contributed by atoms with Gasteiger partial charge in [0.2, 0.25) is 0 Å². The fourth-order valence-corrected chi connectivity index (χ4v) is 2.79. The van der Waals surface area contributed by atoms with Gasteiger partial charge in [-0.15, -0.1) is 0 Å². The van der Waals surface area contributed by atoms with Gasteiger partial charge in [-0.3, -0.25) is 0 Å². The van der Waals surface area contributed by atoms with Gasteiger partial charge in [0.15, 0.2) is 0 Å². The van der Waals surface area contributed by atoms with Crippen LogP contribution in [0.3, 0.4) is 0 Å². The van der Waals surface area contributed by atoms with Gasteiger partial charge < -0.3 is 10.0 Å². The van der Waals surface area contributed by atoms with Gasteiger partial charge in [0, 0.05) is 19.1 Å². The highest BCUT2D eigenvalue weighted by Gasteiger charge is 2.38. The summed E-state index contributed by atoms with van der Waals surface area (Å²) in [5, 5.41) is 10.6. The van der Waals surface area contributed by atoms with Crippen molar-refractivity contribution >= 4 is 0 Å². The first-order chi connectivity index (χ1) is 8.98. The lowest BCUT2D eigenvalue weighted by atomic mass is 9.83. The van der Waals surface area contributed by atoms with Gasteiger partial charge in [-0.05, 0) is 38.3 Å². The second kappa shape index (κ2) is 5.55. The molecule has 0 spiro atoms. The van der Waals surface area contributed by atoms with E-state index in [4.69, 9.17) is 0 Å². The fourth-order valence-electron chi connectivity index (χ4n) is 2.79. The molecule has 1 aliphatic rings. The summed E-state index contributed by atoms with van der Waals surface area (Å²) in [4.78, 5) is 2.26. The number of rotatable bonds is 3. The van der Waals surface area contributed by atoms with Crippen molar-refractivity contribution in [1.82, 2.24) is 4.90 Å². The van der Waals surface area contributed by atoms with Crippen LogP contribution in [0.4, 0.5) is 8.78 Å². The van der Waals surface area contributed by atoms with Crippen LogP contribution in [0, 0.1) is 11.6 Å². The minimum Gasteiger partial charge on any atom is -0.385 e. The highest BCUT2D eigenvalue weighted by Crippen LogP contribution is 2.36. The van der Waals surface area contributed by atoms with Crippen molar-refractivity contribution < 1.29 is 13.9 Å². The van der Waals surface area contributed by atoms with Crippen LogP contribution in [-0.4, -0.2) is 29.1 Å². The Kier molecular flexibility index (Phi) is 4.21.